The van der Waals surface area contributed by atoms with Gasteiger partial charge in [-0.25, -0.2) is 4.98 Å². The molecule has 1 saturated carbocycles. The highest BCUT2D eigenvalue weighted by Crippen LogP contribution is 2.27. The van der Waals surface area contributed by atoms with E-state index >= 15 is 0 Å². The minimum Gasteiger partial charge on any atom is -0.369 e. The summed E-state index contributed by atoms with van der Waals surface area (Å²) in [6.07, 6.45) is 5.85. The third kappa shape index (κ3) is 3.45. The predicted octanol–water partition coefficient (Wildman–Crippen LogP) is 2.74. The molecule has 0 unspecified atom stereocenters. The Labute approximate surface area is 113 Å². The Bertz CT molecular complexity index is 429. The largest absolute Gasteiger partial charge is 0.369 e. The monoisotopic (exact) mass is 319 g/mol. The number of aromatic amines is 1. The molecule has 1 aromatic heterocycles. The second-order valence-corrected chi connectivity index (χ2v) is 5.80. The first-order valence-electron chi connectivity index (χ1n) is 5.78. The average Bonchev–Trinajstić information content (AvgIpc) is 2.33. The van der Waals surface area contributed by atoms with Crippen LogP contribution in [0.3, 0.4) is 0 Å². The van der Waals surface area contributed by atoms with Crippen molar-refractivity contribution in [2.45, 2.75) is 31.1 Å². The van der Waals surface area contributed by atoms with E-state index in [0.29, 0.717) is 21.6 Å². The number of nitrogens with one attached hydrogen (secondary N) is 2. The molecule has 1 heterocycles. The molecule has 2 N–H and O–H groups in total. The fourth-order valence-electron chi connectivity index (χ4n) is 2.07. The molecular weight excluding hydrogens is 305 g/mol. The number of hydrogen-bond acceptors (Lipinski definition) is 3. The maximum absolute atomic E-state index is 11.3. The van der Waals surface area contributed by atoms with Crippen molar-refractivity contribution in [2.24, 2.45) is 5.92 Å². The van der Waals surface area contributed by atoms with Crippen molar-refractivity contribution in [2.75, 3.05) is 11.9 Å². The Hall–Kier alpha value is -0.550. The van der Waals surface area contributed by atoms with Crippen LogP contribution in [0.5, 0.6) is 0 Å². The highest BCUT2D eigenvalue weighted by Gasteiger charge is 2.19. The molecule has 4 nitrogen and oxygen atoms in total. The van der Waals surface area contributed by atoms with Crippen molar-refractivity contribution in [1.82, 2.24) is 9.97 Å². The molecule has 2 rings (SSSR count). The first-order chi connectivity index (χ1) is 8.16. The van der Waals surface area contributed by atoms with E-state index in [4.69, 9.17) is 11.6 Å². The summed E-state index contributed by atoms with van der Waals surface area (Å²) in [5.41, 5.74) is -0.160. The lowest BCUT2D eigenvalue weighted by Gasteiger charge is -2.25. The number of aromatic nitrogens is 2. The van der Waals surface area contributed by atoms with Gasteiger partial charge in [-0.3, -0.25) is 4.79 Å². The Balaban J connectivity index is 1.90. The maximum Gasteiger partial charge on any atom is 0.267 e. The van der Waals surface area contributed by atoms with E-state index in [0.717, 1.165) is 32.2 Å². The van der Waals surface area contributed by atoms with Crippen LogP contribution < -0.4 is 10.9 Å². The van der Waals surface area contributed by atoms with E-state index in [1.165, 1.54) is 6.33 Å². The van der Waals surface area contributed by atoms with E-state index in [1.807, 2.05) is 0 Å². The molecule has 0 atom stereocenters. The van der Waals surface area contributed by atoms with Crippen molar-refractivity contribution in [3.8, 4) is 0 Å². The van der Waals surface area contributed by atoms with E-state index in [9.17, 15) is 4.79 Å². The van der Waals surface area contributed by atoms with E-state index in [-0.39, 0.29) is 5.56 Å². The standard InChI is InChI=1S/C11H15BrClN3O/c12-9-10(15-6-16-11(9)17)14-5-7-1-3-8(13)4-2-7/h6-8H,1-5H2,(H2,14,15,16,17). The first kappa shape index (κ1) is 12.9. The van der Waals surface area contributed by atoms with Crippen LogP contribution in [0.1, 0.15) is 25.7 Å². The number of hydrogen-bond donors (Lipinski definition) is 2. The summed E-state index contributed by atoms with van der Waals surface area (Å²) in [5.74, 6) is 1.24. The number of nitrogens with zero attached hydrogens (tertiary/aromatic N) is 1. The molecule has 0 bridgehead atoms. The molecule has 1 aromatic rings. The van der Waals surface area contributed by atoms with Crippen molar-refractivity contribution in [3.63, 3.8) is 0 Å². The summed E-state index contributed by atoms with van der Waals surface area (Å²) in [7, 11) is 0. The Kier molecular flexibility index (Phi) is 4.45. The molecule has 0 radical (unpaired) electrons. The molecule has 1 aliphatic rings. The second kappa shape index (κ2) is 5.87. The minimum atomic E-state index is -0.160. The third-order valence-electron chi connectivity index (χ3n) is 3.13. The lowest BCUT2D eigenvalue weighted by atomic mass is 9.89. The molecule has 6 heteroatoms. The predicted molar refractivity (Wildman–Crippen MR) is 72.6 cm³/mol. The molecular formula is C11H15BrClN3O. The van der Waals surface area contributed by atoms with Gasteiger partial charge in [0.15, 0.2) is 0 Å². The van der Waals surface area contributed by atoms with Gasteiger partial charge in [0.1, 0.15) is 10.3 Å². The SMILES string of the molecule is O=c1[nH]cnc(NCC2CCC(Cl)CC2)c1Br. The molecule has 0 aliphatic heterocycles. The van der Waals surface area contributed by atoms with E-state index < -0.39 is 0 Å². The maximum atomic E-state index is 11.3. The first-order valence-corrected chi connectivity index (χ1v) is 7.01. The van der Waals surface area contributed by atoms with Gasteiger partial charge in [0.2, 0.25) is 0 Å². The zero-order valence-electron chi connectivity index (χ0n) is 9.38. The van der Waals surface area contributed by atoms with Gasteiger partial charge < -0.3 is 10.3 Å². The molecule has 17 heavy (non-hydrogen) atoms. The summed E-state index contributed by atoms with van der Waals surface area (Å²) >= 11 is 9.28. The van der Waals surface area contributed by atoms with Crippen molar-refractivity contribution in [1.29, 1.82) is 0 Å². The highest BCUT2D eigenvalue weighted by atomic mass is 79.9. The van der Waals surface area contributed by atoms with Crippen LogP contribution in [0.15, 0.2) is 15.6 Å². The van der Waals surface area contributed by atoms with Gasteiger partial charge in [-0.1, -0.05) is 0 Å². The molecule has 0 saturated heterocycles. The van der Waals surface area contributed by atoms with Gasteiger partial charge in [0.25, 0.3) is 5.56 Å². The van der Waals surface area contributed by atoms with Crippen LogP contribution in [0.25, 0.3) is 0 Å². The zero-order valence-corrected chi connectivity index (χ0v) is 11.7. The fraction of sp³-hybridized carbons (Fsp3) is 0.636. The normalized spacial score (nSPS) is 24.6. The topological polar surface area (TPSA) is 57.8 Å². The van der Waals surface area contributed by atoms with Crippen LogP contribution >= 0.6 is 27.5 Å². The molecule has 1 fully saturated rings. The summed E-state index contributed by atoms with van der Waals surface area (Å²) in [4.78, 5) is 17.9. The number of alkyl halides is 1. The van der Waals surface area contributed by atoms with Gasteiger partial charge in [0, 0.05) is 11.9 Å². The lowest BCUT2D eigenvalue weighted by molar-refractivity contribution is 0.377. The fourth-order valence-corrected chi connectivity index (χ4v) is 2.68. The van der Waals surface area contributed by atoms with Crippen LogP contribution in [0, 0.1) is 5.92 Å². The minimum absolute atomic E-state index is 0.160. The molecule has 0 spiro atoms. The number of rotatable bonds is 3. The van der Waals surface area contributed by atoms with Crippen LogP contribution in [0.4, 0.5) is 5.82 Å². The summed E-state index contributed by atoms with van der Waals surface area (Å²) in [6.45, 7) is 0.846. The Morgan fingerprint density at radius 3 is 2.88 bits per heavy atom. The van der Waals surface area contributed by atoms with Crippen molar-refractivity contribution in [3.05, 3.63) is 21.2 Å². The molecule has 94 valence electrons. The van der Waals surface area contributed by atoms with Crippen LogP contribution in [-0.4, -0.2) is 21.9 Å². The summed E-state index contributed by atoms with van der Waals surface area (Å²) < 4.78 is 0.464. The third-order valence-corrected chi connectivity index (χ3v) is 4.30. The highest BCUT2D eigenvalue weighted by molar-refractivity contribution is 9.10. The summed E-state index contributed by atoms with van der Waals surface area (Å²) in [6, 6.07) is 0. The number of halogens is 2. The molecule has 0 amide bonds. The number of anilines is 1. The smallest absolute Gasteiger partial charge is 0.267 e. The second-order valence-electron chi connectivity index (χ2n) is 4.39. The Morgan fingerprint density at radius 1 is 1.47 bits per heavy atom. The van der Waals surface area contributed by atoms with Crippen molar-refractivity contribution >= 4 is 33.3 Å². The van der Waals surface area contributed by atoms with Gasteiger partial charge in [-0.15, -0.1) is 11.6 Å². The quantitative estimate of drug-likeness (QED) is 0.842. The Morgan fingerprint density at radius 2 is 2.18 bits per heavy atom. The van der Waals surface area contributed by atoms with Crippen LogP contribution in [0.2, 0.25) is 0 Å². The number of H-pyrrole nitrogens is 1. The van der Waals surface area contributed by atoms with Crippen LogP contribution in [-0.2, 0) is 0 Å². The van der Waals surface area contributed by atoms with Gasteiger partial charge >= 0.3 is 0 Å². The lowest BCUT2D eigenvalue weighted by Crippen LogP contribution is -2.22. The zero-order chi connectivity index (χ0) is 12.3. The van der Waals surface area contributed by atoms with E-state index in [1.54, 1.807) is 0 Å². The molecule has 0 aromatic carbocycles. The van der Waals surface area contributed by atoms with Crippen molar-refractivity contribution < 1.29 is 0 Å². The van der Waals surface area contributed by atoms with Gasteiger partial charge in [-0.05, 0) is 47.5 Å². The average molecular weight is 321 g/mol. The van der Waals surface area contributed by atoms with Gasteiger partial charge in [-0.2, -0.15) is 0 Å². The van der Waals surface area contributed by atoms with Gasteiger partial charge in [0.05, 0.1) is 6.33 Å². The molecule has 1 aliphatic carbocycles. The summed E-state index contributed by atoms with van der Waals surface area (Å²) in [5, 5.41) is 3.56. The van der Waals surface area contributed by atoms with E-state index in [2.05, 4.69) is 31.2 Å².